The average molecular weight is 387 g/mol. The van der Waals surface area contributed by atoms with Gasteiger partial charge in [0.05, 0.1) is 0 Å². The average Bonchev–Trinajstić information content (AvgIpc) is 3.16. The van der Waals surface area contributed by atoms with Crippen molar-refractivity contribution in [3.8, 4) is 12.8 Å². The van der Waals surface area contributed by atoms with Crippen molar-refractivity contribution >= 4 is 29.2 Å². The van der Waals surface area contributed by atoms with Crippen LogP contribution in [0, 0.1) is 12.8 Å². The highest BCUT2D eigenvalue weighted by Crippen LogP contribution is 2.33. The van der Waals surface area contributed by atoms with Gasteiger partial charge in [-0.2, -0.15) is 5.10 Å². The highest BCUT2D eigenvalue weighted by atomic mass is 35.5. The SMILES string of the molecule is C#C.C/C=C1/CC(Sc2ccc(Cl)cc2)=CNC1=NC.Cn1cccn1. The van der Waals surface area contributed by atoms with Gasteiger partial charge in [-0.25, -0.2) is 0 Å². The molecule has 1 aliphatic heterocycles. The topological polar surface area (TPSA) is 42.2 Å². The molecule has 1 aromatic heterocycles. The van der Waals surface area contributed by atoms with Gasteiger partial charge < -0.3 is 5.32 Å². The van der Waals surface area contributed by atoms with E-state index >= 15 is 0 Å². The minimum atomic E-state index is 0.768. The smallest absolute Gasteiger partial charge is 0.127 e. The third kappa shape index (κ3) is 7.22. The zero-order valence-corrected chi connectivity index (χ0v) is 16.8. The summed E-state index contributed by atoms with van der Waals surface area (Å²) in [5.41, 5.74) is 1.23. The van der Waals surface area contributed by atoms with Crippen molar-refractivity contribution in [2.75, 3.05) is 7.05 Å². The summed E-state index contributed by atoms with van der Waals surface area (Å²) in [7, 11) is 3.69. The molecule has 6 heteroatoms. The number of benzene rings is 1. The molecule has 26 heavy (non-hydrogen) atoms. The van der Waals surface area contributed by atoms with Crippen molar-refractivity contribution in [1.29, 1.82) is 0 Å². The van der Waals surface area contributed by atoms with Crippen LogP contribution in [0.25, 0.3) is 0 Å². The lowest BCUT2D eigenvalue weighted by Crippen LogP contribution is -2.24. The van der Waals surface area contributed by atoms with Gasteiger partial charge in [-0.1, -0.05) is 29.4 Å². The van der Waals surface area contributed by atoms with E-state index in [1.165, 1.54) is 15.4 Å². The number of nitrogens with zero attached hydrogens (tertiary/aromatic N) is 3. The lowest BCUT2D eigenvalue weighted by Gasteiger charge is -2.18. The van der Waals surface area contributed by atoms with Crippen LogP contribution in [0.1, 0.15) is 13.3 Å². The summed E-state index contributed by atoms with van der Waals surface area (Å²) in [5.74, 6) is 0.956. The molecule has 1 N–H and O–H groups in total. The van der Waals surface area contributed by atoms with Gasteiger partial charge in [0.25, 0.3) is 0 Å². The highest BCUT2D eigenvalue weighted by Gasteiger charge is 2.14. The maximum Gasteiger partial charge on any atom is 0.127 e. The molecule has 1 aromatic carbocycles. The van der Waals surface area contributed by atoms with E-state index in [-0.39, 0.29) is 0 Å². The number of halogens is 1. The van der Waals surface area contributed by atoms with Gasteiger partial charge in [0.2, 0.25) is 0 Å². The molecule has 0 atom stereocenters. The molecule has 1 aliphatic rings. The van der Waals surface area contributed by atoms with E-state index in [0.29, 0.717) is 0 Å². The molecule has 3 rings (SSSR count). The number of hydrogen-bond donors (Lipinski definition) is 1. The van der Waals surface area contributed by atoms with Gasteiger partial charge in [0, 0.05) is 53.9 Å². The second-order valence-electron chi connectivity index (χ2n) is 5.05. The predicted octanol–water partition coefficient (Wildman–Crippen LogP) is 4.91. The first-order valence-corrected chi connectivity index (χ1v) is 9.10. The zero-order chi connectivity index (χ0) is 19.4. The van der Waals surface area contributed by atoms with Crippen LogP contribution in [0.2, 0.25) is 5.02 Å². The molecule has 0 amide bonds. The van der Waals surface area contributed by atoms with E-state index in [9.17, 15) is 0 Å². The van der Waals surface area contributed by atoms with Crippen molar-refractivity contribution in [3.05, 3.63) is 70.5 Å². The largest absolute Gasteiger partial charge is 0.346 e. The fourth-order valence-electron chi connectivity index (χ4n) is 2.08. The van der Waals surface area contributed by atoms with Gasteiger partial charge in [-0.3, -0.25) is 9.67 Å². The Balaban J connectivity index is 0.000000353. The number of thioether (sulfide) groups is 1. The normalized spacial score (nSPS) is 15.8. The molecule has 0 unspecified atom stereocenters. The Morgan fingerprint density at radius 2 is 2.00 bits per heavy atom. The number of amidine groups is 1. The van der Waals surface area contributed by atoms with Crippen LogP contribution in [0.15, 0.2) is 75.4 Å². The Kier molecular flexibility index (Phi) is 9.99. The summed E-state index contributed by atoms with van der Waals surface area (Å²) in [6.07, 6.45) is 16.7. The number of hydrogen-bond acceptors (Lipinski definition) is 3. The first-order chi connectivity index (χ1) is 12.6. The van der Waals surface area contributed by atoms with Crippen LogP contribution >= 0.6 is 23.4 Å². The molecule has 0 spiro atoms. The van der Waals surface area contributed by atoms with Crippen LogP contribution in [-0.4, -0.2) is 22.7 Å². The number of aliphatic imine (C=N–C) groups is 1. The molecular weight excluding hydrogens is 364 g/mol. The molecule has 0 fully saturated rings. The second-order valence-corrected chi connectivity index (χ2v) is 6.69. The molecule has 0 aliphatic carbocycles. The molecular formula is C20H23ClN4S. The third-order valence-corrected chi connectivity index (χ3v) is 4.59. The standard InChI is InChI=1S/C14H15ClN2S.C4H6N2.C2H2/c1-3-10-8-13(9-17-14(10)16-2)18-12-6-4-11(15)5-7-12;1-6-4-2-3-5-6;1-2/h3-7,9H,8H2,1-2H3,(H,16,17);2-4H,1H3;1-2H/b10-3-;;. The van der Waals surface area contributed by atoms with E-state index in [1.54, 1.807) is 29.7 Å². The molecule has 0 saturated carbocycles. The highest BCUT2D eigenvalue weighted by molar-refractivity contribution is 8.03. The molecule has 0 saturated heterocycles. The third-order valence-electron chi connectivity index (χ3n) is 3.31. The van der Waals surface area contributed by atoms with E-state index in [1.807, 2.05) is 56.7 Å². The first-order valence-electron chi connectivity index (χ1n) is 7.90. The molecule has 2 aromatic rings. The molecule has 2 heterocycles. The van der Waals surface area contributed by atoms with E-state index in [4.69, 9.17) is 11.6 Å². The first kappa shape index (κ1) is 21.6. The number of aromatic nitrogens is 2. The number of nitrogens with one attached hydrogen (secondary N) is 1. The van der Waals surface area contributed by atoms with Gasteiger partial charge in [0.15, 0.2) is 0 Å². The summed E-state index contributed by atoms with van der Waals surface area (Å²) >= 11 is 7.63. The fourth-order valence-corrected chi connectivity index (χ4v) is 3.12. The Morgan fingerprint density at radius 3 is 2.46 bits per heavy atom. The Hall–Kier alpha value is -2.42. The van der Waals surface area contributed by atoms with Crippen LogP contribution in [0.3, 0.4) is 0 Å². The van der Waals surface area contributed by atoms with Gasteiger partial charge in [-0.05, 0) is 42.8 Å². The molecule has 136 valence electrons. The van der Waals surface area contributed by atoms with Crippen LogP contribution in [-0.2, 0) is 7.05 Å². The fraction of sp³-hybridized carbons (Fsp3) is 0.200. The number of allylic oxidation sites excluding steroid dienone is 2. The monoisotopic (exact) mass is 386 g/mol. The minimum Gasteiger partial charge on any atom is -0.346 e. The van der Waals surface area contributed by atoms with Crippen LogP contribution in [0.5, 0.6) is 0 Å². The van der Waals surface area contributed by atoms with Crippen molar-refractivity contribution in [3.63, 3.8) is 0 Å². The summed E-state index contributed by atoms with van der Waals surface area (Å²) in [6.45, 7) is 2.04. The number of rotatable bonds is 2. The quantitative estimate of drug-likeness (QED) is 0.745. The van der Waals surface area contributed by atoms with Gasteiger partial charge in [-0.15, -0.1) is 12.8 Å². The maximum absolute atomic E-state index is 5.88. The van der Waals surface area contributed by atoms with E-state index in [0.717, 1.165) is 17.3 Å². The Bertz CT molecular complexity index is 772. The predicted molar refractivity (Wildman–Crippen MR) is 113 cm³/mol. The van der Waals surface area contributed by atoms with E-state index < -0.39 is 0 Å². The summed E-state index contributed by atoms with van der Waals surface area (Å²) in [6, 6.07) is 9.78. The minimum absolute atomic E-state index is 0.768. The van der Waals surface area contributed by atoms with Crippen LogP contribution < -0.4 is 5.32 Å². The van der Waals surface area contributed by atoms with E-state index in [2.05, 4.69) is 34.3 Å². The lowest BCUT2D eigenvalue weighted by atomic mass is 10.1. The molecule has 0 radical (unpaired) electrons. The summed E-state index contributed by atoms with van der Waals surface area (Å²) < 4.78 is 1.75. The number of terminal acetylenes is 1. The molecule has 4 nitrogen and oxygen atoms in total. The maximum atomic E-state index is 5.88. The van der Waals surface area contributed by atoms with Gasteiger partial charge in [0.1, 0.15) is 5.84 Å². The summed E-state index contributed by atoms with van der Waals surface area (Å²) in [5, 5.41) is 7.83. The Morgan fingerprint density at radius 1 is 1.31 bits per heavy atom. The van der Waals surface area contributed by atoms with Crippen molar-refractivity contribution in [1.82, 2.24) is 15.1 Å². The number of aryl methyl sites for hydroxylation is 1. The van der Waals surface area contributed by atoms with Crippen LogP contribution in [0.4, 0.5) is 0 Å². The molecule has 0 bridgehead atoms. The zero-order valence-electron chi connectivity index (χ0n) is 15.2. The van der Waals surface area contributed by atoms with Crippen molar-refractivity contribution in [2.45, 2.75) is 18.2 Å². The lowest BCUT2D eigenvalue weighted by molar-refractivity contribution is 0.768. The van der Waals surface area contributed by atoms with Crippen molar-refractivity contribution < 1.29 is 0 Å². The Labute approximate surface area is 165 Å². The summed E-state index contributed by atoms with van der Waals surface area (Å²) in [4.78, 5) is 6.69. The van der Waals surface area contributed by atoms with Gasteiger partial charge >= 0.3 is 0 Å². The van der Waals surface area contributed by atoms with Crippen molar-refractivity contribution in [2.24, 2.45) is 12.0 Å². The second kappa shape index (κ2) is 12.0.